The molecule has 6 nitrogen and oxygen atoms in total. The third kappa shape index (κ3) is 4.70. The van der Waals surface area contributed by atoms with E-state index >= 15 is 0 Å². The first-order valence-electron chi connectivity index (χ1n) is 7.89. The van der Waals surface area contributed by atoms with Gasteiger partial charge in [0.25, 0.3) is 20.2 Å². The van der Waals surface area contributed by atoms with Crippen molar-refractivity contribution in [1.82, 2.24) is 0 Å². The number of rotatable bonds is 7. The van der Waals surface area contributed by atoms with E-state index in [1.165, 1.54) is 0 Å². The fourth-order valence-corrected chi connectivity index (χ4v) is 30.2. The van der Waals surface area contributed by atoms with E-state index < -0.39 is 46.2 Å². The van der Waals surface area contributed by atoms with Crippen LogP contribution in [0.4, 0.5) is 0 Å². The van der Waals surface area contributed by atoms with Crippen LogP contribution >= 0.6 is 0 Å². The van der Waals surface area contributed by atoms with Crippen molar-refractivity contribution >= 4 is 45.8 Å². The van der Waals surface area contributed by atoms with Gasteiger partial charge in [-0.1, -0.05) is 84.1 Å². The van der Waals surface area contributed by atoms with Gasteiger partial charge in [-0.15, -0.1) is 0 Å². The van der Waals surface area contributed by atoms with Gasteiger partial charge in [-0.25, -0.2) is 0 Å². The van der Waals surface area contributed by atoms with Crippen LogP contribution in [0.25, 0.3) is 0 Å². The summed E-state index contributed by atoms with van der Waals surface area (Å²) in [5, 5.41) is 0.465. The molecule has 2 aromatic carbocycles. The fourth-order valence-electron chi connectivity index (χ4n) is 3.46. The van der Waals surface area contributed by atoms with Crippen LogP contribution < -0.4 is 10.4 Å². The maximum atomic E-state index is 11.9. The molecule has 142 valence electrons. The molecule has 0 aliphatic carbocycles. The fraction of sp³-hybridized carbons (Fsp3) is 0.250. The quantitative estimate of drug-likeness (QED) is 0.499. The molecule has 0 heterocycles. The van der Waals surface area contributed by atoms with Crippen LogP contribution in [0.2, 0.25) is 13.1 Å². The van der Waals surface area contributed by atoms with Gasteiger partial charge in [-0.3, -0.25) is 9.11 Å². The highest BCUT2D eigenvalue weighted by atomic mass is 32.2. The lowest BCUT2D eigenvalue weighted by molar-refractivity contribution is 0.485. The van der Waals surface area contributed by atoms with Crippen molar-refractivity contribution < 1.29 is 25.9 Å². The first-order valence-corrected chi connectivity index (χ1v) is 17.5. The molecule has 0 saturated carbocycles. The average Bonchev–Trinajstić information content (AvgIpc) is 2.53. The van der Waals surface area contributed by atoms with Crippen molar-refractivity contribution in [2.24, 2.45) is 0 Å². The Balaban J connectivity index is 2.82. The van der Waals surface area contributed by atoms with Gasteiger partial charge >= 0.3 is 0 Å². The Morgan fingerprint density at radius 3 is 1.15 bits per heavy atom. The van der Waals surface area contributed by atoms with E-state index in [9.17, 15) is 25.9 Å². The van der Waals surface area contributed by atoms with Crippen LogP contribution in [0.15, 0.2) is 60.7 Å². The summed E-state index contributed by atoms with van der Waals surface area (Å²) in [5.74, 6) is 0. The molecule has 0 amide bonds. The summed E-state index contributed by atoms with van der Waals surface area (Å²) in [6.07, 6.45) is 0. The molecule has 0 aliphatic rings. The third-order valence-corrected chi connectivity index (χ3v) is 29.8. The zero-order valence-corrected chi connectivity index (χ0v) is 18.2. The number of hydrogen-bond acceptors (Lipinski definition) is 4. The molecule has 0 aromatic heterocycles. The van der Waals surface area contributed by atoms with Gasteiger partial charge in [0.2, 0.25) is 0 Å². The van der Waals surface area contributed by atoms with Gasteiger partial charge in [-0.05, 0) is 0 Å². The van der Waals surface area contributed by atoms with Gasteiger partial charge in [0.1, 0.15) is 15.2 Å². The largest absolute Gasteiger partial charge is 0.286 e. The molecular formula is C16H22O6S2Si2. The normalized spacial score (nSPS) is 17.2. The molecule has 2 rings (SSSR count). The summed E-state index contributed by atoms with van der Waals surface area (Å²) >= 11 is 0. The van der Waals surface area contributed by atoms with E-state index in [4.69, 9.17) is 0 Å². The second-order valence-electron chi connectivity index (χ2n) is 6.85. The molecule has 2 N–H and O–H groups in total. The topological polar surface area (TPSA) is 109 Å². The molecular weight excluding hydrogens is 408 g/mol. The zero-order chi connectivity index (χ0) is 19.6. The lowest BCUT2D eigenvalue weighted by Crippen LogP contribution is -2.78. The maximum absolute atomic E-state index is 11.9. The molecule has 0 radical (unpaired) electrons. The first kappa shape index (κ1) is 21.0. The van der Waals surface area contributed by atoms with E-state index in [1.807, 2.05) is 0 Å². The number of benzene rings is 2. The Kier molecular flexibility index (Phi) is 5.95. The molecule has 0 bridgehead atoms. The van der Waals surface area contributed by atoms with E-state index in [0.29, 0.717) is 0 Å². The Hall–Kier alpha value is -1.31. The lowest BCUT2D eigenvalue weighted by Gasteiger charge is -2.43. The summed E-state index contributed by atoms with van der Waals surface area (Å²) in [6.45, 7) is 3.56. The molecule has 2 unspecified atom stereocenters. The minimum Gasteiger partial charge on any atom is -0.286 e. The van der Waals surface area contributed by atoms with Crippen LogP contribution in [-0.2, 0) is 20.2 Å². The summed E-state index contributed by atoms with van der Waals surface area (Å²) in [6, 6.07) is 17.7. The van der Waals surface area contributed by atoms with Crippen molar-refractivity contribution in [1.29, 1.82) is 0 Å². The summed E-state index contributed by atoms with van der Waals surface area (Å²) in [5.41, 5.74) is 0. The Morgan fingerprint density at radius 1 is 0.654 bits per heavy atom. The molecule has 10 heteroatoms. The molecule has 0 saturated heterocycles. The Bertz CT molecular complexity index is 883. The Labute approximate surface area is 156 Å². The molecule has 0 fully saturated rings. The van der Waals surface area contributed by atoms with Crippen LogP contribution in [0.5, 0.6) is 0 Å². The maximum Gasteiger partial charge on any atom is 0.262 e. The average molecular weight is 431 g/mol. The molecule has 0 aliphatic heterocycles. The summed E-state index contributed by atoms with van der Waals surface area (Å²) in [4.78, 5) is 0. The second-order valence-corrected chi connectivity index (χ2v) is 24.6. The van der Waals surface area contributed by atoms with E-state index in [-0.39, 0.29) is 0 Å². The first-order chi connectivity index (χ1) is 11.9. The SMILES string of the molecule is C[Si](CS(=O)(=O)O)(c1ccccc1)[Si](C)(CS(=O)(=O)O)c1ccccc1. The smallest absolute Gasteiger partial charge is 0.262 e. The minimum absolute atomic E-state index is 0.503. The van der Waals surface area contributed by atoms with Crippen LogP contribution in [0, 0.1) is 0 Å². The highest BCUT2D eigenvalue weighted by molar-refractivity contribution is 7.92. The standard InChI is InChI=1S/C16H22O6S2Si2/c1-25(13-23(17,18)19,15-9-5-3-6-10-15)26(2,14-24(20,21)22)16-11-7-4-8-12-16/h3-12H,13-14H2,1-2H3,(H,17,18,19)(H,20,21,22). The van der Waals surface area contributed by atoms with Crippen LogP contribution in [-0.4, -0.2) is 51.9 Å². The third-order valence-electron chi connectivity index (χ3n) is 4.98. The molecule has 26 heavy (non-hydrogen) atoms. The predicted molar refractivity (Wildman–Crippen MR) is 108 cm³/mol. The van der Waals surface area contributed by atoms with Crippen molar-refractivity contribution in [3.63, 3.8) is 0 Å². The summed E-state index contributed by atoms with van der Waals surface area (Å²) in [7, 11) is -14.9. The zero-order valence-electron chi connectivity index (χ0n) is 14.5. The van der Waals surface area contributed by atoms with Gasteiger partial charge in [0.15, 0.2) is 0 Å². The van der Waals surface area contributed by atoms with Crippen LogP contribution in [0.3, 0.4) is 0 Å². The van der Waals surface area contributed by atoms with Gasteiger partial charge in [0.05, 0.1) is 10.8 Å². The van der Waals surface area contributed by atoms with Gasteiger partial charge < -0.3 is 0 Å². The van der Waals surface area contributed by atoms with E-state index in [0.717, 1.165) is 10.4 Å². The summed E-state index contributed by atoms with van der Waals surface area (Å²) < 4.78 is 66.7. The van der Waals surface area contributed by atoms with Crippen molar-refractivity contribution in [2.75, 3.05) is 10.8 Å². The highest BCUT2D eigenvalue weighted by Gasteiger charge is 2.54. The van der Waals surface area contributed by atoms with E-state index in [2.05, 4.69) is 0 Å². The lowest BCUT2D eigenvalue weighted by atomic mass is 10.4. The van der Waals surface area contributed by atoms with Crippen LogP contribution in [0.1, 0.15) is 0 Å². The van der Waals surface area contributed by atoms with Crippen molar-refractivity contribution in [2.45, 2.75) is 13.1 Å². The van der Waals surface area contributed by atoms with Crippen molar-refractivity contribution in [3.8, 4) is 0 Å². The molecule has 0 spiro atoms. The van der Waals surface area contributed by atoms with Gasteiger partial charge in [-0.2, -0.15) is 16.8 Å². The molecule has 2 aromatic rings. The van der Waals surface area contributed by atoms with Crippen molar-refractivity contribution in [3.05, 3.63) is 60.7 Å². The molecule has 2 atom stereocenters. The second kappa shape index (κ2) is 7.37. The highest BCUT2D eigenvalue weighted by Crippen LogP contribution is 2.23. The van der Waals surface area contributed by atoms with E-state index in [1.54, 1.807) is 73.8 Å². The Morgan fingerprint density at radius 2 is 0.923 bits per heavy atom. The number of hydrogen-bond donors (Lipinski definition) is 2. The predicted octanol–water partition coefficient (Wildman–Crippen LogP) is 0.890. The minimum atomic E-state index is -4.36. The van der Waals surface area contributed by atoms with Gasteiger partial charge in [0, 0.05) is 0 Å². The monoisotopic (exact) mass is 430 g/mol.